The Morgan fingerprint density at radius 3 is 2.72 bits per heavy atom. The van der Waals surface area contributed by atoms with Gasteiger partial charge in [0.2, 0.25) is 5.91 Å². The SMILES string of the molecule is Cc1sc(NC(=O)CSc2nnc(-c3cc4ccccc4o3)n2C)nc1-c1ccccc1. The minimum atomic E-state index is -0.142. The van der Waals surface area contributed by atoms with Gasteiger partial charge in [-0.15, -0.1) is 21.5 Å². The van der Waals surface area contributed by atoms with Crippen molar-refractivity contribution in [2.24, 2.45) is 7.05 Å². The summed E-state index contributed by atoms with van der Waals surface area (Å²) in [7, 11) is 1.86. The molecule has 0 aliphatic carbocycles. The van der Waals surface area contributed by atoms with Crippen LogP contribution < -0.4 is 5.32 Å². The number of furan rings is 1. The highest BCUT2D eigenvalue weighted by Gasteiger charge is 2.17. The van der Waals surface area contributed by atoms with Crippen molar-refractivity contribution in [3.05, 3.63) is 65.5 Å². The zero-order valence-electron chi connectivity index (χ0n) is 17.4. The fourth-order valence-corrected chi connectivity index (χ4v) is 4.91. The summed E-state index contributed by atoms with van der Waals surface area (Å²) < 4.78 is 7.71. The first-order valence-electron chi connectivity index (χ1n) is 9.92. The molecule has 0 radical (unpaired) electrons. The van der Waals surface area contributed by atoms with Crippen LogP contribution in [0.15, 0.2) is 70.2 Å². The van der Waals surface area contributed by atoms with Crippen LogP contribution in [0.25, 0.3) is 33.8 Å². The van der Waals surface area contributed by atoms with Gasteiger partial charge >= 0.3 is 0 Å². The molecule has 0 saturated carbocycles. The largest absolute Gasteiger partial charge is 0.453 e. The molecule has 3 aromatic heterocycles. The molecule has 9 heteroatoms. The highest BCUT2D eigenvalue weighted by molar-refractivity contribution is 7.99. The molecule has 0 aliphatic heterocycles. The van der Waals surface area contributed by atoms with Crippen LogP contribution in [0.5, 0.6) is 0 Å². The number of carbonyl (C=O) groups excluding carboxylic acids is 1. The summed E-state index contributed by atoms with van der Waals surface area (Å²) in [5.74, 6) is 1.32. The van der Waals surface area contributed by atoms with E-state index in [4.69, 9.17) is 4.42 Å². The van der Waals surface area contributed by atoms with Crippen LogP contribution in [-0.2, 0) is 11.8 Å². The number of nitrogens with zero attached hydrogens (tertiary/aromatic N) is 4. The maximum Gasteiger partial charge on any atom is 0.236 e. The number of thioether (sulfide) groups is 1. The average Bonchev–Trinajstić information content (AvgIpc) is 3.49. The van der Waals surface area contributed by atoms with Gasteiger partial charge in [-0.25, -0.2) is 4.98 Å². The number of fused-ring (bicyclic) bond motifs is 1. The third-order valence-electron chi connectivity index (χ3n) is 4.90. The Morgan fingerprint density at radius 2 is 1.91 bits per heavy atom. The standard InChI is InChI=1S/C23H19N5O2S2/c1-14-20(15-8-4-3-5-9-15)25-22(32-14)24-19(29)13-31-23-27-26-21(28(23)2)18-12-16-10-6-7-11-17(16)30-18/h3-12H,13H2,1-2H3,(H,24,25,29). The number of hydrogen-bond donors (Lipinski definition) is 1. The number of thiazole rings is 1. The van der Waals surface area contributed by atoms with E-state index in [1.807, 2.05) is 79.2 Å². The Labute approximate surface area is 192 Å². The second-order valence-electron chi connectivity index (χ2n) is 7.14. The van der Waals surface area contributed by atoms with Gasteiger partial charge in [0.25, 0.3) is 0 Å². The molecule has 0 fully saturated rings. The molecule has 2 aromatic carbocycles. The summed E-state index contributed by atoms with van der Waals surface area (Å²) in [5.41, 5.74) is 2.73. The van der Waals surface area contributed by atoms with Gasteiger partial charge in [0.15, 0.2) is 21.9 Å². The van der Waals surface area contributed by atoms with Gasteiger partial charge in [-0.2, -0.15) is 0 Å². The Balaban J connectivity index is 1.25. The fourth-order valence-electron chi connectivity index (χ4n) is 3.35. The summed E-state index contributed by atoms with van der Waals surface area (Å²) in [5, 5.41) is 13.6. The van der Waals surface area contributed by atoms with Crippen molar-refractivity contribution in [3.63, 3.8) is 0 Å². The van der Waals surface area contributed by atoms with Gasteiger partial charge in [-0.1, -0.05) is 60.3 Å². The van der Waals surface area contributed by atoms with Crippen LogP contribution in [0.1, 0.15) is 4.88 Å². The van der Waals surface area contributed by atoms with Crippen LogP contribution in [0.4, 0.5) is 5.13 Å². The molecule has 5 aromatic rings. The summed E-state index contributed by atoms with van der Waals surface area (Å²) in [6.07, 6.45) is 0. The molecule has 0 atom stereocenters. The Morgan fingerprint density at radius 1 is 1.12 bits per heavy atom. The molecule has 0 saturated heterocycles. The molecule has 1 N–H and O–H groups in total. The van der Waals surface area contributed by atoms with E-state index in [1.54, 1.807) is 0 Å². The van der Waals surface area contributed by atoms with Gasteiger partial charge in [-0.3, -0.25) is 4.79 Å². The van der Waals surface area contributed by atoms with E-state index < -0.39 is 0 Å². The minimum Gasteiger partial charge on any atom is -0.453 e. The van der Waals surface area contributed by atoms with Gasteiger partial charge in [0, 0.05) is 22.9 Å². The first-order valence-corrected chi connectivity index (χ1v) is 11.7. The number of rotatable bonds is 6. The number of benzene rings is 2. The van der Waals surface area contributed by atoms with Crippen molar-refractivity contribution in [2.45, 2.75) is 12.1 Å². The minimum absolute atomic E-state index is 0.142. The molecule has 0 aliphatic rings. The molecule has 5 rings (SSSR count). The molecular weight excluding hydrogens is 442 g/mol. The number of anilines is 1. The second kappa shape index (κ2) is 8.60. The molecule has 0 spiro atoms. The molecule has 160 valence electrons. The molecular formula is C23H19N5O2S2. The molecule has 0 unspecified atom stereocenters. The van der Waals surface area contributed by atoms with E-state index in [0.29, 0.717) is 21.9 Å². The molecule has 0 bridgehead atoms. The first kappa shape index (κ1) is 20.5. The molecule has 32 heavy (non-hydrogen) atoms. The van der Waals surface area contributed by atoms with Crippen molar-refractivity contribution in [2.75, 3.05) is 11.1 Å². The highest BCUT2D eigenvalue weighted by Crippen LogP contribution is 2.31. The van der Waals surface area contributed by atoms with Gasteiger partial charge in [0.1, 0.15) is 5.58 Å². The predicted octanol–water partition coefficient (Wildman–Crippen LogP) is 5.39. The number of aromatic nitrogens is 4. The van der Waals surface area contributed by atoms with Crippen molar-refractivity contribution in [1.29, 1.82) is 0 Å². The topological polar surface area (TPSA) is 85.8 Å². The van der Waals surface area contributed by atoms with E-state index in [1.165, 1.54) is 23.1 Å². The van der Waals surface area contributed by atoms with Crippen molar-refractivity contribution < 1.29 is 9.21 Å². The number of nitrogens with one attached hydrogen (secondary N) is 1. The van der Waals surface area contributed by atoms with E-state index in [9.17, 15) is 4.79 Å². The molecule has 1 amide bonds. The van der Waals surface area contributed by atoms with E-state index in [2.05, 4.69) is 20.5 Å². The predicted molar refractivity (Wildman–Crippen MR) is 128 cm³/mol. The number of hydrogen-bond acceptors (Lipinski definition) is 7. The number of para-hydroxylation sites is 1. The average molecular weight is 462 g/mol. The number of amides is 1. The van der Waals surface area contributed by atoms with Crippen molar-refractivity contribution in [3.8, 4) is 22.8 Å². The van der Waals surface area contributed by atoms with Crippen molar-refractivity contribution in [1.82, 2.24) is 19.7 Å². The Hall–Kier alpha value is -3.43. The normalized spacial score (nSPS) is 11.2. The Kier molecular flexibility index (Phi) is 5.50. The van der Waals surface area contributed by atoms with Crippen LogP contribution in [0.2, 0.25) is 0 Å². The lowest BCUT2D eigenvalue weighted by molar-refractivity contribution is -0.113. The third kappa shape index (κ3) is 4.04. The van der Waals surface area contributed by atoms with E-state index in [-0.39, 0.29) is 11.7 Å². The van der Waals surface area contributed by atoms with Crippen LogP contribution in [0.3, 0.4) is 0 Å². The fraction of sp³-hybridized carbons (Fsp3) is 0.130. The second-order valence-corrected chi connectivity index (χ2v) is 9.29. The van der Waals surface area contributed by atoms with E-state index >= 15 is 0 Å². The zero-order valence-corrected chi connectivity index (χ0v) is 19.0. The zero-order chi connectivity index (χ0) is 22.1. The summed E-state index contributed by atoms with van der Waals surface area (Å²) >= 11 is 2.78. The summed E-state index contributed by atoms with van der Waals surface area (Å²) in [4.78, 5) is 18.2. The summed E-state index contributed by atoms with van der Waals surface area (Å²) in [6, 6.07) is 19.7. The first-order chi connectivity index (χ1) is 15.6. The summed E-state index contributed by atoms with van der Waals surface area (Å²) in [6.45, 7) is 2.00. The number of carbonyl (C=O) groups is 1. The van der Waals surface area contributed by atoms with Gasteiger partial charge in [-0.05, 0) is 19.1 Å². The van der Waals surface area contributed by atoms with Gasteiger partial charge < -0.3 is 14.3 Å². The Bertz CT molecular complexity index is 1370. The molecule has 7 nitrogen and oxygen atoms in total. The highest BCUT2D eigenvalue weighted by atomic mass is 32.2. The monoisotopic (exact) mass is 461 g/mol. The third-order valence-corrected chi connectivity index (χ3v) is 6.81. The van der Waals surface area contributed by atoms with Gasteiger partial charge in [0.05, 0.1) is 11.4 Å². The lowest BCUT2D eigenvalue weighted by Gasteiger charge is -2.03. The van der Waals surface area contributed by atoms with Crippen molar-refractivity contribution >= 4 is 45.1 Å². The molecule has 3 heterocycles. The van der Waals surface area contributed by atoms with Crippen LogP contribution in [0, 0.1) is 6.92 Å². The smallest absolute Gasteiger partial charge is 0.236 e. The van der Waals surface area contributed by atoms with E-state index in [0.717, 1.165) is 27.1 Å². The van der Waals surface area contributed by atoms with Crippen LogP contribution in [-0.4, -0.2) is 31.4 Å². The maximum atomic E-state index is 12.5. The van der Waals surface area contributed by atoms with Crippen LogP contribution >= 0.6 is 23.1 Å². The lowest BCUT2D eigenvalue weighted by atomic mass is 10.1. The lowest BCUT2D eigenvalue weighted by Crippen LogP contribution is -2.14. The number of aryl methyl sites for hydroxylation is 1. The quantitative estimate of drug-likeness (QED) is 0.341. The maximum absolute atomic E-state index is 12.5.